The van der Waals surface area contributed by atoms with Crippen LogP contribution in [0.2, 0.25) is 0 Å². The summed E-state index contributed by atoms with van der Waals surface area (Å²) in [5, 5.41) is 12.5. The molecule has 9 nitrogen and oxygen atoms in total. The molecule has 0 aromatic carbocycles. The summed E-state index contributed by atoms with van der Waals surface area (Å²) in [6.07, 6.45) is -0.112. The van der Waals surface area contributed by atoms with Crippen molar-refractivity contribution in [3.05, 3.63) is 0 Å². The zero-order chi connectivity index (χ0) is 16.9. The van der Waals surface area contributed by atoms with Gasteiger partial charge in [-0.1, -0.05) is 0 Å². The number of carbonyl (C=O) groups excluding carboxylic acids is 1. The Morgan fingerprint density at radius 3 is 2.30 bits per heavy atom. The first-order chi connectivity index (χ1) is 10.8. The quantitative estimate of drug-likeness (QED) is 0.345. The maximum atomic E-state index is 11.8. The van der Waals surface area contributed by atoms with Gasteiger partial charge in [-0.05, 0) is 13.0 Å². The lowest BCUT2D eigenvalue weighted by Gasteiger charge is -2.34. The van der Waals surface area contributed by atoms with Crippen molar-refractivity contribution in [3.63, 3.8) is 0 Å². The Hall–Kier alpha value is -0.780. The molecule has 0 aromatic heterocycles. The number of rotatable bonds is 7. The molecule has 0 saturated carbocycles. The molecular formula is C13H25N3O6S. The van der Waals surface area contributed by atoms with Crippen LogP contribution in [0.3, 0.4) is 0 Å². The summed E-state index contributed by atoms with van der Waals surface area (Å²) < 4.78 is 35.4. The van der Waals surface area contributed by atoms with E-state index in [0.717, 1.165) is 13.1 Å². The number of hydrogen-bond acceptors (Lipinski definition) is 8. The summed E-state index contributed by atoms with van der Waals surface area (Å²) in [4.78, 5) is 15.9. The lowest BCUT2D eigenvalue weighted by Crippen LogP contribution is -2.48. The van der Waals surface area contributed by atoms with Crippen molar-refractivity contribution >= 4 is 16.1 Å². The van der Waals surface area contributed by atoms with Gasteiger partial charge in [0.15, 0.2) is 0 Å². The van der Waals surface area contributed by atoms with Crippen LogP contribution in [0.1, 0.15) is 6.42 Å². The van der Waals surface area contributed by atoms with Gasteiger partial charge in [-0.2, -0.15) is 8.42 Å². The van der Waals surface area contributed by atoms with E-state index in [-0.39, 0.29) is 12.4 Å². The Morgan fingerprint density at radius 2 is 1.78 bits per heavy atom. The summed E-state index contributed by atoms with van der Waals surface area (Å²) in [6, 6.07) is -0.618. The van der Waals surface area contributed by atoms with Crippen molar-refractivity contribution < 1.29 is 27.6 Å². The normalized spacial score (nSPS) is 27.2. The number of aliphatic hydroxyl groups excluding tert-OH is 1. The van der Waals surface area contributed by atoms with Crippen LogP contribution in [0.4, 0.5) is 0 Å². The van der Waals surface area contributed by atoms with E-state index in [1.807, 2.05) is 4.90 Å². The number of hydrogen-bond donors (Lipinski definition) is 3. The molecule has 0 aromatic rings. The number of piperazine rings is 1. The van der Waals surface area contributed by atoms with E-state index in [4.69, 9.17) is 9.29 Å². The van der Waals surface area contributed by atoms with Crippen LogP contribution >= 0.6 is 0 Å². The van der Waals surface area contributed by atoms with Crippen LogP contribution in [0.15, 0.2) is 0 Å². The topological polar surface area (TPSA) is 119 Å². The van der Waals surface area contributed by atoms with E-state index in [1.54, 1.807) is 0 Å². The first kappa shape index (κ1) is 18.6. The third-order valence-electron chi connectivity index (χ3n) is 4.23. The first-order valence-corrected chi connectivity index (χ1v) is 9.44. The second-order valence-corrected chi connectivity index (χ2v) is 7.50. The molecule has 2 saturated heterocycles. The van der Waals surface area contributed by atoms with E-state index < -0.39 is 28.2 Å². The molecule has 2 aliphatic rings. The molecule has 2 heterocycles. The number of ether oxygens (including phenoxy) is 1. The Bertz CT molecular complexity index is 492. The molecule has 1 unspecified atom stereocenters. The monoisotopic (exact) mass is 351 g/mol. The second-order valence-electron chi connectivity index (χ2n) is 5.92. The fraction of sp³-hybridized carbons (Fsp3) is 0.923. The van der Waals surface area contributed by atoms with Crippen molar-refractivity contribution in [2.75, 3.05) is 58.2 Å². The van der Waals surface area contributed by atoms with E-state index in [2.05, 4.69) is 10.2 Å². The van der Waals surface area contributed by atoms with Crippen molar-refractivity contribution in [1.29, 1.82) is 0 Å². The standard InChI is InChI=1S/C13H25N3O6S/c17-11-1-2-14-12(11)13(18)22-9-7-15-3-5-16(6-4-15)8-10-23(19,20)21/h11-12,14,17H,1-10H2,(H,19,20,21)/t11?,12-/m0/s1. The first-order valence-electron chi connectivity index (χ1n) is 7.83. The molecular weight excluding hydrogens is 326 g/mol. The van der Waals surface area contributed by atoms with E-state index in [1.165, 1.54) is 0 Å². The predicted molar refractivity (Wildman–Crippen MR) is 82.7 cm³/mol. The third-order valence-corrected chi connectivity index (χ3v) is 4.92. The van der Waals surface area contributed by atoms with Crippen LogP contribution in [-0.2, 0) is 19.6 Å². The Balaban J connectivity index is 1.58. The van der Waals surface area contributed by atoms with Gasteiger partial charge in [0.2, 0.25) is 0 Å². The highest BCUT2D eigenvalue weighted by molar-refractivity contribution is 7.85. The molecule has 134 valence electrons. The van der Waals surface area contributed by atoms with E-state index in [0.29, 0.717) is 39.1 Å². The van der Waals surface area contributed by atoms with E-state index in [9.17, 15) is 18.3 Å². The van der Waals surface area contributed by atoms with Gasteiger partial charge in [-0.15, -0.1) is 0 Å². The second kappa shape index (κ2) is 8.36. The van der Waals surface area contributed by atoms with Crippen molar-refractivity contribution in [2.45, 2.75) is 18.6 Å². The number of nitrogens with one attached hydrogen (secondary N) is 1. The molecule has 3 N–H and O–H groups in total. The van der Waals surface area contributed by atoms with Crippen LogP contribution < -0.4 is 5.32 Å². The summed E-state index contributed by atoms with van der Waals surface area (Å²) in [7, 11) is -3.91. The summed E-state index contributed by atoms with van der Waals surface area (Å²) in [5.74, 6) is -0.664. The molecule has 2 atom stereocenters. The Kier molecular flexibility index (Phi) is 6.74. The minimum Gasteiger partial charge on any atom is -0.463 e. The number of nitrogens with zero attached hydrogens (tertiary/aromatic N) is 2. The molecule has 0 amide bonds. The largest absolute Gasteiger partial charge is 0.463 e. The lowest BCUT2D eigenvalue weighted by atomic mass is 10.2. The van der Waals surface area contributed by atoms with Crippen molar-refractivity contribution in [2.24, 2.45) is 0 Å². The van der Waals surface area contributed by atoms with Gasteiger partial charge in [0.05, 0.1) is 11.9 Å². The van der Waals surface area contributed by atoms with Crippen LogP contribution in [0, 0.1) is 0 Å². The van der Waals surface area contributed by atoms with Crippen molar-refractivity contribution in [3.8, 4) is 0 Å². The van der Waals surface area contributed by atoms with Crippen LogP contribution in [-0.4, -0.2) is 104 Å². The van der Waals surface area contributed by atoms with Crippen LogP contribution in [0.5, 0.6) is 0 Å². The molecule has 10 heteroatoms. The summed E-state index contributed by atoms with van der Waals surface area (Å²) >= 11 is 0. The van der Waals surface area contributed by atoms with Crippen LogP contribution in [0.25, 0.3) is 0 Å². The molecule has 2 fully saturated rings. The zero-order valence-electron chi connectivity index (χ0n) is 13.1. The third kappa shape index (κ3) is 6.32. The average molecular weight is 351 g/mol. The SMILES string of the molecule is O=C(OCCN1CCN(CCS(=O)(=O)O)CC1)[C@H]1NCCC1O. The van der Waals surface area contributed by atoms with Gasteiger partial charge < -0.3 is 15.2 Å². The maximum Gasteiger partial charge on any atom is 0.325 e. The highest BCUT2D eigenvalue weighted by Crippen LogP contribution is 2.08. The van der Waals surface area contributed by atoms with Gasteiger partial charge in [0.25, 0.3) is 10.1 Å². The molecule has 0 spiro atoms. The molecule has 0 aliphatic carbocycles. The average Bonchev–Trinajstić information content (AvgIpc) is 2.92. The van der Waals surface area contributed by atoms with Crippen molar-refractivity contribution in [1.82, 2.24) is 15.1 Å². The number of aliphatic hydroxyl groups is 1. The van der Waals surface area contributed by atoms with Gasteiger partial charge in [0.1, 0.15) is 12.6 Å². The fourth-order valence-electron chi connectivity index (χ4n) is 2.78. The van der Waals surface area contributed by atoms with Gasteiger partial charge in [-0.25, -0.2) is 0 Å². The Labute approximate surface area is 136 Å². The number of esters is 1. The minimum atomic E-state index is -3.91. The molecule has 23 heavy (non-hydrogen) atoms. The predicted octanol–water partition coefficient (Wildman–Crippen LogP) is -2.24. The molecule has 0 radical (unpaired) electrons. The molecule has 2 aliphatic heterocycles. The summed E-state index contributed by atoms with van der Waals surface area (Å²) in [6.45, 7) is 4.77. The lowest BCUT2D eigenvalue weighted by molar-refractivity contribution is -0.148. The Morgan fingerprint density at radius 1 is 1.17 bits per heavy atom. The molecule has 2 rings (SSSR count). The number of carbonyl (C=O) groups is 1. The van der Waals surface area contributed by atoms with Gasteiger partial charge >= 0.3 is 5.97 Å². The van der Waals surface area contributed by atoms with Gasteiger partial charge in [0, 0.05) is 39.3 Å². The minimum absolute atomic E-state index is 0.249. The van der Waals surface area contributed by atoms with E-state index >= 15 is 0 Å². The smallest absolute Gasteiger partial charge is 0.325 e. The fourth-order valence-corrected chi connectivity index (χ4v) is 3.26. The summed E-state index contributed by atoms with van der Waals surface area (Å²) in [5.41, 5.74) is 0. The zero-order valence-corrected chi connectivity index (χ0v) is 13.9. The van der Waals surface area contributed by atoms with Gasteiger partial charge in [-0.3, -0.25) is 19.1 Å². The highest BCUT2D eigenvalue weighted by atomic mass is 32.2. The highest BCUT2D eigenvalue weighted by Gasteiger charge is 2.32. The maximum absolute atomic E-state index is 11.8. The molecule has 0 bridgehead atoms.